The Morgan fingerprint density at radius 2 is 2.19 bits per heavy atom. The highest BCUT2D eigenvalue weighted by molar-refractivity contribution is 6.03. The quantitative estimate of drug-likeness (QED) is 0.789. The summed E-state index contributed by atoms with van der Waals surface area (Å²) in [4.78, 5) is 23.9. The molecular formula is C21H27N5O. The van der Waals surface area contributed by atoms with Crippen LogP contribution in [0.4, 0.5) is 11.6 Å². The molecule has 0 radical (unpaired) electrons. The van der Waals surface area contributed by atoms with Gasteiger partial charge < -0.3 is 15.5 Å². The minimum atomic E-state index is -0.190. The number of anilines is 2. The molecule has 2 heterocycles. The number of nitrogens with zero attached hydrogens (tertiary/aromatic N) is 3. The summed E-state index contributed by atoms with van der Waals surface area (Å²) in [5, 5.41) is 6.35. The molecule has 6 heteroatoms. The van der Waals surface area contributed by atoms with Crippen LogP contribution >= 0.6 is 0 Å². The van der Waals surface area contributed by atoms with E-state index in [2.05, 4.69) is 44.6 Å². The monoisotopic (exact) mass is 365 g/mol. The van der Waals surface area contributed by atoms with Crippen LogP contribution in [0.2, 0.25) is 0 Å². The minimum Gasteiger partial charge on any atom is -0.341 e. The molecule has 4 rings (SSSR count). The number of benzene rings is 1. The Morgan fingerprint density at radius 3 is 3.00 bits per heavy atom. The number of aromatic nitrogens is 2. The van der Waals surface area contributed by atoms with E-state index < -0.39 is 0 Å². The molecule has 2 aromatic rings. The van der Waals surface area contributed by atoms with Gasteiger partial charge >= 0.3 is 0 Å². The third-order valence-electron chi connectivity index (χ3n) is 5.18. The minimum absolute atomic E-state index is 0.190. The third-order valence-corrected chi connectivity index (χ3v) is 5.18. The second-order valence-electron chi connectivity index (χ2n) is 7.50. The van der Waals surface area contributed by atoms with Gasteiger partial charge in [0.15, 0.2) is 0 Å². The molecule has 142 valence electrons. The average Bonchev–Trinajstić information content (AvgIpc) is 3.52. The number of rotatable bonds is 7. The first-order valence-electron chi connectivity index (χ1n) is 9.95. The van der Waals surface area contributed by atoms with E-state index in [4.69, 9.17) is 0 Å². The van der Waals surface area contributed by atoms with Gasteiger partial charge in [0.05, 0.1) is 0 Å². The molecule has 0 atom stereocenters. The Hall–Kier alpha value is -2.47. The summed E-state index contributed by atoms with van der Waals surface area (Å²) in [7, 11) is 0. The number of nitrogens with one attached hydrogen (secondary N) is 2. The molecule has 0 unspecified atom stereocenters. The van der Waals surface area contributed by atoms with Gasteiger partial charge in [0.25, 0.3) is 5.91 Å². The van der Waals surface area contributed by atoms with Crippen LogP contribution in [0, 0.1) is 5.92 Å². The summed E-state index contributed by atoms with van der Waals surface area (Å²) in [6.45, 7) is 5.92. The van der Waals surface area contributed by atoms with E-state index in [0.29, 0.717) is 11.6 Å². The zero-order valence-corrected chi connectivity index (χ0v) is 15.9. The lowest BCUT2D eigenvalue weighted by Gasteiger charge is -2.22. The van der Waals surface area contributed by atoms with Crippen molar-refractivity contribution in [2.75, 3.05) is 29.9 Å². The maximum Gasteiger partial charge on any atom is 0.274 e. The van der Waals surface area contributed by atoms with E-state index in [1.54, 1.807) is 12.3 Å². The predicted octanol–water partition coefficient (Wildman–Crippen LogP) is 3.00. The average molecular weight is 365 g/mol. The summed E-state index contributed by atoms with van der Waals surface area (Å²) in [5.74, 6) is 1.22. The molecular weight excluding hydrogens is 338 g/mol. The zero-order valence-electron chi connectivity index (χ0n) is 15.9. The standard InChI is InChI=1S/C21H27N5O/c1-2-11-26(14-15-3-4-15)21-23-10-8-19(25-21)20(27)24-18-6-5-16-7-9-22-13-17(16)12-18/h5-6,8,10,12,15,22H,2-4,7,9,11,13-14H2,1H3,(H,24,27). The molecule has 2 aliphatic rings. The van der Waals surface area contributed by atoms with Gasteiger partial charge in [-0.15, -0.1) is 0 Å². The van der Waals surface area contributed by atoms with Crippen LogP contribution in [0.5, 0.6) is 0 Å². The first kappa shape index (κ1) is 17.9. The van der Waals surface area contributed by atoms with E-state index in [1.165, 1.54) is 24.0 Å². The molecule has 6 nitrogen and oxygen atoms in total. The van der Waals surface area contributed by atoms with E-state index in [1.807, 2.05) is 6.07 Å². The second-order valence-corrected chi connectivity index (χ2v) is 7.50. The van der Waals surface area contributed by atoms with Crippen molar-refractivity contribution in [3.8, 4) is 0 Å². The largest absolute Gasteiger partial charge is 0.341 e. The Labute approximate surface area is 160 Å². The van der Waals surface area contributed by atoms with E-state index >= 15 is 0 Å². The van der Waals surface area contributed by atoms with Crippen LogP contribution in [0.15, 0.2) is 30.5 Å². The molecule has 1 aromatic heterocycles. The molecule has 1 aliphatic heterocycles. The number of hydrogen-bond donors (Lipinski definition) is 2. The lowest BCUT2D eigenvalue weighted by molar-refractivity contribution is 0.102. The third kappa shape index (κ3) is 4.45. The number of hydrogen-bond acceptors (Lipinski definition) is 5. The summed E-state index contributed by atoms with van der Waals surface area (Å²) in [6, 6.07) is 7.81. The molecule has 0 bridgehead atoms. The molecule has 1 saturated carbocycles. The van der Waals surface area contributed by atoms with Crippen molar-refractivity contribution in [1.82, 2.24) is 15.3 Å². The van der Waals surface area contributed by atoms with E-state index in [0.717, 1.165) is 50.6 Å². The van der Waals surface area contributed by atoms with Gasteiger partial charge in [0.1, 0.15) is 5.69 Å². The van der Waals surface area contributed by atoms with Crippen molar-refractivity contribution in [2.45, 2.75) is 39.2 Å². The first-order valence-corrected chi connectivity index (χ1v) is 9.95. The number of fused-ring (bicyclic) bond motifs is 1. The molecule has 2 N–H and O–H groups in total. The smallest absolute Gasteiger partial charge is 0.274 e. The van der Waals surface area contributed by atoms with Crippen molar-refractivity contribution in [2.24, 2.45) is 5.92 Å². The molecule has 27 heavy (non-hydrogen) atoms. The van der Waals surface area contributed by atoms with Crippen LogP contribution in [-0.4, -0.2) is 35.5 Å². The van der Waals surface area contributed by atoms with Crippen molar-refractivity contribution in [3.63, 3.8) is 0 Å². The number of carbonyl (C=O) groups is 1. The molecule has 1 fully saturated rings. The molecule has 1 amide bonds. The second kappa shape index (κ2) is 8.05. The maximum atomic E-state index is 12.7. The lowest BCUT2D eigenvalue weighted by atomic mass is 10.0. The fourth-order valence-corrected chi connectivity index (χ4v) is 3.54. The Bertz CT molecular complexity index is 818. The summed E-state index contributed by atoms with van der Waals surface area (Å²) in [6.07, 6.45) is 6.33. The van der Waals surface area contributed by atoms with Crippen LogP contribution < -0.4 is 15.5 Å². The van der Waals surface area contributed by atoms with Crippen molar-refractivity contribution < 1.29 is 4.79 Å². The van der Waals surface area contributed by atoms with Gasteiger partial charge in [-0.25, -0.2) is 9.97 Å². The van der Waals surface area contributed by atoms with Gasteiger partial charge in [0.2, 0.25) is 5.95 Å². The molecule has 0 saturated heterocycles. The van der Waals surface area contributed by atoms with E-state index in [-0.39, 0.29) is 5.91 Å². The Balaban J connectivity index is 1.48. The van der Waals surface area contributed by atoms with Crippen LogP contribution in [0.25, 0.3) is 0 Å². The van der Waals surface area contributed by atoms with Crippen LogP contribution in [0.1, 0.15) is 47.8 Å². The SMILES string of the molecule is CCCN(CC1CC1)c1nccc(C(=O)Nc2ccc3c(c2)CNCC3)n1. The van der Waals surface area contributed by atoms with Crippen LogP contribution in [0.3, 0.4) is 0 Å². The Morgan fingerprint density at radius 1 is 1.30 bits per heavy atom. The van der Waals surface area contributed by atoms with Gasteiger partial charge in [-0.05, 0) is 67.5 Å². The van der Waals surface area contributed by atoms with Crippen molar-refractivity contribution in [1.29, 1.82) is 0 Å². The highest BCUT2D eigenvalue weighted by Gasteiger charge is 2.25. The highest BCUT2D eigenvalue weighted by atomic mass is 16.1. The highest BCUT2D eigenvalue weighted by Crippen LogP contribution is 2.30. The van der Waals surface area contributed by atoms with Gasteiger partial charge in [-0.3, -0.25) is 4.79 Å². The zero-order chi connectivity index (χ0) is 18.6. The van der Waals surface area contributed by atoms with Crippen molar-refractivity contribution in [3.05, 3.63) is 47.3 Å². The maximum absolute atomic E-state index is 12.7. The first-order chi connectivity index (χ1) is 13.2. The topological polar surface area (TPSA) is 70.2 Å². The molecule has 1 aromatic carbocycles. The normalized spacial score (nSPS) is 15.9. The number of carbonyl (C=O) groups excluding carboxylic acids is 1. The molecule has 0 spiro atoms. The van der Waals surface area contributed by atoms with Crippen molar-refractivity contribution >= 4 is 17.5 Å². The van der Waals surface area contributed by atoms with Gasteiger partial charge in [0, 0.05) is 31.5 Å². The fraction of sp³-hybridized carbons (Fsp3) is 0.476. The summed E-state index contributed by atoms with van der Waals surface area (Å²) >= 11 is 0. The number of amides is 1. The Kier molecular flexibility index (Phi) is 5.34. The predicted molar refractivity (Wildman–Crippen MR) is 107 cm³/mol. The fourth-order valence-electron chi connectivity index (χ4n) is 3.54. The van der Waals surface area contributed by atoms with Crippen LogP contribution in [-0.2, 0) is 13.0 Å². The van der Waals surface area contributed by atoms with Gasteiger partial charge in [-0.2, -0.15) is 0 Å². The lowest BCUT2D eigenvalue weighted by Crippen LogP contribution is -2.29. The summed E-state index contributed by atoms with van der Waals surface area (Å²) in [5.41, 5.74) is 3.83. The summed E-state index contributed by atoms with van der Waals surface area (Å²) < 4.78 is 0. The van der Waals surface area contributed by atoms with Gasteiger partial charge in [-0.1, -0.05) is 13.0 Å². The van der Waals surface area contributed by atoms with E-state index in [9.17, 15) is 4.79 Å². The molecule has 1 aliphatic carbocycles.